The summed E-state index contributed by atoms with van der Waals surface area (Å²) in [6, 6.07) is 0. The Morgan fingerprint density at radius 2 is 2.13 bits per heavy atom. The van der Waals surface area contributed by atoms with Crippen molar-refractivity contribution in [3.63, 3.8) is 0 Å². The van der Waals surface area contributed by atoms with Gasteiger partial charge < -0.3 is 5.73 Å². The van der Waals surface area contributed by atoms with E-state index in [-0.39, 0.29) is 0 Å². The number of nitrogens with one attached hydrogen (secondary N) is 1. The van der Waals surface area contributed by atoms with E-state index in [4.69, 9.17) is 5.73 Å². The van der Waals surface area contributed by atoms with Gasteiger partial charge in [-0.1, -0.05) is 6.42 Å². The van der Waals surface area contributed by atoms with Crippen LogP contribution in [-0.4, -0.2) is 16.7 Å². The predicted molar refractivity (Wildman–Crippen MR) is 59.8 cm³/mol. The first kappa shape index (κ1) is 9.40. The highest BCUT2D eigenvalue weighted by Gasteiger charge is 2.42. The van der Waals surface area contributed by atoms with E-state index in [2.05, 4.69) is 10.2 Å². The van der Waals surface area contributed by atoms with Crippen LogP contribution < -0.4 is 5.73 Å². The zero-order valence-corrected chi connectivity index (χ0v) is 9.18. The summed E-state index contributed by atoms with van der Waals surface area (Å²) in [6.07, 6.45) is 8.78. The highest BCUT2D eigenvalue weighted by atomic mass is 15.1. The van der Waals surface area contributed by atoms with Gasteiger partial charge in [-0.15, -0.1) is 0 Å². The average Bonchev–Trinajstić information content (AvgIpc) is 2.72. The summed E-state index contributed by atoms with van der Waals surface area (Å²) in [7, 11) is 0. The highest BCUT2D eigenvalue weighted by Crippen LogP contribution is 2.47. The largest absolute Gasteiger partial charge is 0.330 e. The molecular formula is C12H19N3. The van der Waals surface area contributed by atoms with Gasteiger partial charge >= 0.3 is 0 Å². The number of rotatable bonds is 3. The number of hydrogen-bond acceptors (Lipinski definition) is 2. The molecule has 82 valence electrons. The second kappa shape index (κ2) is 3.34. The van der Waals surface area contributed by atoms with Crippen LogP contribution in [-0.2, 0) is 18.3 Å². The Bertz CT molecular complexity index is 363. The van der Waals surface area contributed by atoms with Crippen molar-refractivity contribution >= 4 is 0 Å². The number of aromatic nitrogens is 2. The first-order chi connectivity index (χ1) is 7.36. The Labute approximate surface area is 90.4 Å². The standard InChI is InChI=1S/C12H19N3/c13-8-7-12(5-2-6-12)11-9-3-1-4-10(9)14-15-11/h1-8,13H2,(H,14,15). The van der Waals surface area contributed by atoms with Crippen LogP contribution in [0, 0.1) is 0 Å². The summed E-state index contributed by atoms with van der Waals surface area (Å²) in [4.78, 5) is 0. The van der Waals surface area contributed by atoms with Gasteiger partial charge in [0.15, 0.2) is 0 Å². The lowest BCUT2D eigenvalue weighted by Crippen LogP contribution is -2.37. The Hall–Kier alpha value is -0.830. The minimum Gasteiger partial charge on any atom is -0.330 e. The molecular weight excluding hydrogens is 186 g/mol. The maximum atomic E-state index is 5.74. The monoisotopic (exact) mass is 205 g/mol. The van der Waals surface area contributed by atoms with Crippen LogP contribution >= 0.6 is 0 Å². The molecule has 1 aromatic heterocycles. The molecule has 3 rings (SSSR count). The number of aromatic amines is 1. The van der Waals surface area contributed by atoms with Crippen molar-refractivity contribution in [2.75, 3.05) is 6.54 Å². The number of nitrogens with zero attached hydrogens (tertiary/aromatic N) is 1. The molecule has 3 nitrogen and oxygen atoms in total. The van der Waals surface area contributed by atoms with Crippen molar-refractivity contribution in [2.45, 2.75) is 50.4 Å². The lowest BCUT2D eigenvalue weighted by molar-refractivity contribution is 0.221. The molecule has 1 fully saturated rings. The number of hydrogen-bond donors (Lipinski definition) is 2. The maximum Gasteiger partial charge on any atom is 0.0719 e. The van der Waals surface area contributed by atoms with Gasteiger partial charge in [-0.3, -0.25) is 5.10 Å². The van der Waals surface area contributed by atoms with Crippen molar-refractivity contribution in [3.8, 4) is 0 Å². The molecule has 0 spiro atoms. The normalized spacial score (nSPS) is 22.5. The van der Waals surface area contributed by atoms with E-state index in [0.717, 1.165) is 13.0 Å². The van der Waals surface area contributed by atoms with E-state index in [1.54, 1.807) is 0 Å². The number of H-pyrrole nitrogens is 1. The maximum absolute atomic E-state index is 5.74. The van der Waals surface area contributed by atoms with Crippen molar-refractivity contribution in [2.24, 2.45) is 5.73 Å². The van der Waals surface area contributed by atoms with E-state index in [1.807, 2.05) is 0 Å². The molecule has 3 heteroatoms. The molecule has 0 amide bonds. The SMILES string of the molecule is NCCC1(c2n[nH]c3c2CCC3)CCC1. The lowest BCUT2D eigenvalue weighted by atomic mass is 9.63. The van der Waals surface area contributed by atoms with Crippen molar-refractivity contribution in [3.05, 3.63) is 17.0 Å². The summed E-state index contributed by atoms with van der Waals surface area (Å²) in [5, 5.41) is 7.80. The Morgan fingerprint density at radius 3 is 2.80 bits per heavy atom. The summed E-state index contributed by atoms with van der Waals surface area (Å²) >= 11 is 0. The van der Waals surface area contributed by atoms with Crippen LogP contribution in [0.2, 0.25) is 0 Å². The fourth-order valence-electron chi connectivity index (χ4n) is 3.24. The van der Waals surface area contributed by atoms with E-state index in [9.17, 15) is 0 Å². The summed E-state index contributed by atoms with van der Waals surface area (Å²) in [5.41, 5.74) is 10.4. The molecule has 2 aliphatic rings. The Morgan fingerprint density at radius 1 is 1.27 bits per heavy atom. The smallest absolute Gasteiger partial charge is 0.0719 e. The Balaban J connectivity index is 1.96. The zero-order chi connectivity index (χ0) is 10.3. The third-order valence-electron chi connectivity index (χ3n) is 4.24. The molecule has 0 unspecified atom stereocenters. The van der Waals surface area contributed by atoms with Crippen LogP contribution in [0.4, 0.5) is 0 Å². The summed E-state index contributed by atoms with van der Waals surface area (Å²) in [5.74, 6) is 0. The molecule has 2 aliphatic carbocycles. The molecule has 0 aromatic carbocycles. The lowest BCUT2D eigenvalue weighted by Gasteiger charge is -2.41. The summed E-state index contributed by atoms with van der Waals surface area (Å²) < 4.78 is 0. The first-order valence-electron chi connectivity index (χ1n) is 6.12. The second-order valence-corrected chi connectivity index (χ2v) is 5.06. The van der Waals surface area contributed by atoms with Gasteiger partial charge in [-0.2, -0.15) is 5.10 Å². The molecule has 0 aliphatic heterocycles. The topological polar surface area (TPSA) is 54.7 Å². The average molecular weight is 205 g/mol. The third kappa shape index (κ3) is 1.26. The van der Waals surface area contributed by atoms with Gasteiger partial charge in [0.05, 0.1) is 5.69 Å². The summed E-state index contributed by atoms with van der Waals surface area (Å²) in [6.45, 7) is 0.793. The third-order valence-corrected chi connectivity index (χ3v) is 4.24. The molecule has 0 bridgehead atoms. The molecule has 0 saturated heterocycles. The molecule has 1 saturated carbocycles. The fraction of sp³-hybridized carbons (Fsp3) is 0.750. The van der Waals surface area contributed by atoms with Crippen LogP contribution in [0.3, 0.4) is 0 Å². The molecule has 3 N–H and O–H groups in total. The zero-order valence-electron chi connectivity index (χ0n) is 9.18. The van der Waals surface area contributed by atoms with Gasteiger partial charge in [-0.25, -0.2) is 0 Å². The van der Waals surface area contributed by atoms with Crippen molar-refractivity contribution in [1.29, 1.82) is 0 Å². The minimum atomic E-state index is 0.350. The quantitative estimate of drug-likeness (QED) is 0.788. The van der Waals surface area contributed by atoms with Crippen LogP contribution in [0.25, 0.3) is 0 Å². The molecule has 0 atom stereocenters. The Kier molecular flexibility index (Phi) is 2.09. The van der Waals surface area contributed by atoms with Gasteiger partial charge in [0.25, 0.3) is 0 Å². The van der Waals surface area contributed by atoms with Crippen LogP contribution in [0.5, 0.6) is 0 Å². The second-order valence-electron chi connectivity index (χ2n) is 5.06. The number of aryl methyl sites for hydroxylation is 1. The van der Waals surface area contributed by atoms with E-state index >= 15 is 0 Å². The molecule has 1 aromatic rings. The van der Waals surface area contributed by atoms with Crippen molar-refractivity contribution < 1.29 is 0 Å². The van der Waals surface area contributed by atoms with E-state index in [0.29, 0.717) is 5.41 Å². The molecule has 15 heavy (non-hydrogen) atoms. The van der Waals surface area contributed by atoms with E-state index < -0.39 is 0 Å². The predicted octanol–water partition coefficient (Wildman–Crippen LogP) is 1.67. The van der Waals surface area contributed by atoms with Gasteiger partial charge in [-0.05, 0) is 50.6 Å². The first-order valence-corrected chi connectivity index (χ1v) is 6.12. The highest BCUT2D eigenvalue weighted by molar-refractivity contribution is 5.36. The van der Waals surface area contributed by atoms with Crippen LogP contribution in [0.1, 0.15) is 49.1 Å². The van der Waals surface area contributed by atoms with Gasteiger partial charge in [0.2, 0.25) is 0 Å². The van der Waals surface area contributed by atoms with Gasteiger partial charge in [0, 0.05) is 11.1 Å². The molecule has 0 radical (unpaired) electrons. The molecule has 1 heterocycles. The van der Waals surface area contributed by atoms with Crippen molar-refractivity contribution in [1.82, 2.24) is 10.2 Å². The minimum absolute atomic E-state index is 0.350. The number of fused-ring (bicyclic) bond motifs is 1. The fourth-order valence-corrected chi connectivity index (χ4v) is 3.24. The van der Waals surface area contributed by atoms with E-state index in [1.165, 1.54) is 55.5 Å². The van der Waals surface area contributed by atoms with Gasteiger partial charge in [0.1, 0.15) is 0 Å². The number of nitrogens with two attached hydrogens (primary N) is 1. The van der Waals surface area contributed by atoms with Crippen LogP contribution in [0.15, 0.2) is 0 Å².